The van der Waals surface area contributed by atoms with Gasteiger partial charge in [-0.05, 0) is 6.42 Å². The van der Waals surface area contributed by atoms with Gasteiger partial charge in [-0.25, -0.2) is 0 Å². The van der Waals surface area contributed by atoms with Crippen LogP contribution in [0.5, 0.6) is 0 Å². The first-order valence-corrected chi connectivity index (χ1v) is 4.71. The fraction of sp³-hybridized carbons (Fsp3) is 0.875. The quantitative estimate of drug-likeness (QED) is 0.341. The molecule has 0 aromatic carbocycles. The predicted molar refractivity (Wildman–Crippen MR) is 58.9 cm³/mol. The first-order valence-electron chi connectivity index (χ1n) is 4.07. The topological polar surface area (TPSA) is 26.3 Å². The van der Waals surface area contributed by atoms with E-state index in [1.165, 1.54) is 12.8 Å². The number of carbonyl (C=O) groups is 1. The van der Waals surface area contributed by atoms with Gasteiger partial charge in [0.15, 0.2) is 0 Å². The van der Waals surface area contributed by atoms with Crippen LogP contribution in [0.4, 0.5) is 0 Å². The number of ether oxygens (including phenoxy) is 1. The van der Waals surface area contributed by atoms with Crippen molar-refractivity contribution in [1.82, 2.24) is 0 Å². The van der Waals surface area contributed by atoms with Crippen LogP contribution in [-0.2, 0) is 9.53 Å². The zero-order chi connectivity index (χ0) is 8.53. The first kappa shape index (κ1) is 15.1. The zero-order valence-corrected chi connectivity index (χ0v) is 12.6. The van der Waals surface area contributed by atoms with Crippen LogP contribution in [0.15, 0.2) is 0 Å². The molecule has 0 saturated heterocycles. The summed E-state index contributed by atoms with van der Waals surface area (Å²) in [7, 11) is 0. The van der Waals surface area contributed by atoms with Crippen molar-refractivity contribution in [2.24, 2.45) is 0 Å². The van der Waals surface area contributed by atoms with Crippen LogP contribution >= 0.6 is 12.6 Å². The van der Waals surface area contributed by atoms with E-state index in [9.17, 15) is 4.79 Å². The minimum atomic E-state index is -0.218. The molecule has 0 aliphatic heterocycles. The molecule has 0 aromatic heterocycles. The van der Waals surface area contributed by atoms with Gasteiger partial charge in [0.05, 0.1) is 12.4 Å². The van der Waals surface area contributed by atoms with Crippen molar-refractivity contribution < 1.29 is 9.53 Å². The number of thiol groups is 1. The van der Waals surface area contributed by atoms with Gasteiger partial charge >= 0.3 is 30.4 Å². The van der Waals surface area contributed by atoms with E-state index in [1.807, 2.05) is 0 Å². The van der Waals surface area contributed by atoms with E-state index in [0.29, 0.717) is 6.61 Å². The molecule has 0 unspecified atom stereocenters. The van der Waals surface area contributed by atoms with Crippen LogP contribution < -0.4 is 0 Å². The predicted octanol–water partition coefficient (Wildman–Crippen LogP) is 0.856. The molecule has 0 saturated carbocycles. The number of rotatable bonds is 6. The molecular formula is C8H19O2SSb. The summed E-state index contributed by atoms with van der Waals surface area (Å²) in [6.07, 6.45) is 4.56. The summed E-state index contributed by atoms with van der Waals surface area (Å²) in [6.45, 7) is 2.71. The van der Waals surface area contributed by atoms with Crippen LogP contribution in [0.2, 0.25) is 0 Å². The third-order valence-electron chi connectivity index (χ3n) is 1.39. The third-order valence-corrected chi connectivity index (χ3v) is 1.65. The molecule has 0 fully saturated rings. The Labute approximate surface area is 97.3 Å². The molecule has 12 heavy (non-hydrogen) atoms. The van der Waals surface area contributed by atoms with Gasteiger partial charge in [0.2, 0.25) is 0 Å². The third kappa shape index (κ3) is 10.6. The van der Waals surface area contributed by atoms with Crippen molar-refractivity contribution in [2.75, 3.05) is 12.4 Å². The molecule has 4 heteroatoms. The fourth-order valence-electron chi connectivity index (χ4n) is 0.760. The maximum absolute atomic E-state index is 10.5. The SMILES string of the molecule is CCCCCCOC(=O)CS.[SbH3]. The van der Waals surface area contributed by atoms with Crippen molar-refractivity contribution in [3.8, 4) is 0 Å². The van der Waals surface area contributed by atoms with E-state index in [0.717, 1.165) is 12.8 Å². The summed E-state index contributed by atoms with van der Waals surface area (Å²) < 4.78 is 4.82. The van der Waals surface area contributed by atoms with Gasteiger partial charge in [-0.15, -0.1) is 0 Å². The number of carbonyl (C=O) groups excluding carboxylic acids is 1. The van der Waals surface area contributed by atoms with Crippen molar-refractivity contribution in [1.29, 1.82) is 0 Å². The van der Waals surface area contributed by atoms with Crippen molar-refractivity contribution in [2.45, 2.75) is 32.6 Å². The van der Waals surface area contributed by atoms with Crippen LogP contribution in [0.1, 0.15) is 32.6 Å². The molecule has 0 atom stereocenters. The summed E-state index contributed by atoms with van der Waals surface area (Å²) in [5.74, 6) is -0.0295. The molecule has 0 radical (unpaired) electrons. The minimum absolute atomic E-state index is 0. The molecule has 0 aliphatic rings. The molecule has 0 spiro atoms. The molecule has 2 nitrogen and oxygen atoms in total. The van der Waals surface area contributed by atoms with Gasteiger partial charge in [0.1, 0.15) is 0 Å². The Morgan fingerprint density at radius 3 is 2.50 bits per heavy atom. The molecule has 0 rings (SSSR count). The van der Waals surface area contributed by atoms with Crippen LogP contribution in [0, 0.1) is 0 Å². The summed E-state index contributed by atoms with van der Waals surface area (Å²) in [4.78, 5) is 10.5. The van der Waals surface area contributed by atoms with Gasteiger partial charge in [-0.2, -0.15) is 12.6 Å². The molecule has 74 valence electrons. The molecular weight excluding hydrogens is 282 g/mol. The van der Waals surface area contributed by atoms with Gasteiger partial charge in [0.25, 0.3) is 0 Å². The average molecular weight is 301 g/mol. The molecule has 0 bridgehead atoms. The Balaban J connectivity index is 0. The Kier molecular flexibility index (Phi) is 14.7. The zero-order valence-electron chi connectivity index (χ0n) is 7.71. The van der Waals surface area contributed by atoms with Gasteiger partial charge < -0.3 is 4.74 Å². The van der Waals surface area contributed by atoms with Crippen LogP contribution in [0.25, 0.3) is 0 Å². The monoisotopic (exact) mass is 300 g/mol. The Bertz CT molecular complexity index is 109. The number of hydrogen-bond donors (Lipinski definition) is 1. The summed E-state index contributed by atoms with van der Waals surface area (Å²) in [6, 6.07) is 0. The second-order valence-electron chi connectivity index (χ2n) is 2.44. The average Bonchev–Trinajstić information content (AvgIpc) is 2.04. The molecule has 0 aromatic rings. The molecule has 0 aliphatic carbocycles. The number of esters is 1. The molecule has 0 amide bonds. The standard InChI is InChI=1S/C8H16O2S.Sb.3H/c1-2-3-4-5-6-10-8(9)7-11;;;;/h11H,2-7H2,1H3;;;;. The number of hydrogen-bond acceptors (Lipinski definition) is 3. The van der Waals surface area contributed by atoms with E-state index in [4.69, 9.17) is 4.74 Å². The Hall–Kier alpha value is 0.638. The summed E-state index contributed by atoms with van der Waals surface area (Å²) in [5.41, 5.74) is 0. The molecule has 0 N–H and O–H groups in total. The van der Waals surface area contributed by atoms with E-state index >= 15 is 0 Å². The summed E-state index contributed by atoms with van der Waals surface area (Å²) in [5, 5.41) is 0. The van der Waals surface area contributed by atoms with Crippen LogP contribution in [-0.4, -0.2) is 42.8 Å². The second-order valence-corrected chi connectivity index (χ2v) is 2.76. The maximum atomic E-state index is 10.5. The van der Waals surface area contributed by atoms with Crippen LogP contribution in [0.3, 0.4) is 0 Å². The van der Waals surface area contributed by atoms with Crippen molar-refractivity contribution >= 4 is 43.0 Å². The Morgan fingerprint density at radius 2 is 2.00 bits per heavy atom. The van der Waals surface area contributed by atoms with Crippen molar-refractivity contribution in [3.05, 3.63) is 0 Å². The van der Waals surface area contributed by atoms with Crippen molar-refractivity contribution in [3.63, 3.8) is 0 Å². The van der Waals surface area contributed by atoms with E-state index in [2.05, 4.69) is 19.6 Å². The molecule has 0 heterocycles. The van der Waals surface area contributed by atoms with E-state index in [-0.39, 0.29) is 36.2 Å². The summed E-state index contributed by atoms with van der Waals surface area (Å²) >= 11 is 3.78. The first-order chi connectivity index (χ1) is 5.31. The van der Waals surface area contributed by atoms with E-state index < -0.39 is 0 Å². The van der Waals surface area contributed by atoms with E-state index in [1.54, 1.807) is 0 Å². The number of unbranched alkanes of at least 4 members (excludes halogenated alkanes) is 3. The van der Waals surface area contributed by atoms with Gasteiger partial charge in [0, 0.05) is 0 Å². The van der Waals surface area contributed by atoms with Gasteiger partial charge in [-0.3, -0.25) is 4.79 Å². The second kappa shape index (κ2) is 11.6. The van der Waals surface area contributed by atoms with Gasteiger partial charge in [-0.1, -0.05) is 26.2 Å². The fourth-order valence-corrected chi connectivity index (χ4v) is 0.852. The normalized spacial score (nSPS) is 8.83. The Morgan fingerprint density at radius 1 is 1.33 bits per heavy atom.